The van der Waals surface area contributed by atoms with E-state index in [0.717, 1.165) is 6.42 Å². The lowest BCUT2D eigenvalue weighted by molar-refractivity contribution is 0.0981. The Kier molecular flexibility index (Phi) is 6.27. The van der Waals surface area contributed by atoms with E-state index in [-0.39, 0.29) is 27.8 Å². The molecule has 3 aromatic rings. The molecular formula is C25H28FN5O3S. The van der Waals surface area contributed by atoms with E-state index in [4.69, 9.17) is 10.7 Å². The molecule has 0 bridgehead atoms. The quantitative estimate of drug-likeness (QED) is 0.548. The third-order valence-corrected chi connectivity index (χ3v) is 7.38. The Bertz CT molecular complexity index is 1410. The van der Waals surface area contributed by atoms with Gasteiger partial charge in [0.1, 0.15) is 17.5 Å². The van der Waals surface area contributed by atoms with Crippen molar-refractivity contribution in [1.29, 1.82) is 0 Å². The molecule has 0 saturated carbocycles. The average Bonchev–Trinajstić information content (AvgIpc) is 3.06. The first kappa shape index (κ1) is 24.6. The number of amides is 1. The van der Waals surface area contributed by atoms with Crippen molar-refractivity contribution in [2.75, 3.05) is 17.2 Å². The van der Waals surface area contributed by atoms with Gasteiger partial charge in [0, 0.05) is 17.6 Å². The van der Waals surface area contributed by atoms with Gasteiger partial charge < -0.3 is 10.6 Å². The first-order valence-corrected chi connectivity index (χ1v) is 12.7. The second-order valence-electron chi connectivity index (χ2n) is 9.60. The lowest BCUT2D eigenvalue weighted by Gasteiger charge is -2.34. The van der Waals surface area contributed by atoms with Crippen molar-refractivity contribution in [3.8, 4) is 11.3 Å². The van der Waals surface area contributed by atoms with Crippen LogP contribution in [-0.2, 0) is 10.0 Å². The minimum Gasteiger partial charge on any atom is -0.384 e. The summed E-state index contributed by atoms with van der Waals surface area (Å²) in [5.74, 6) is -0.407. The second-order valence-corrected chi connectivity index (χ2v) is 11.2. The molecule has 3 N–H and O–H groups in total. The summed E-state index contributed by atoms with van der Waals surface area (Å²) in [7, 11) is -4.26. The molecule has 1 amide bonds. The molecule has 8 nitrogen and oxygen atoms in total. The summed E-state index contributed by atoms with van der Waals surface area (Å²) in [6.07, 6.45) is 0.876. The molecule has 10 heteroatoms. The number of hydrogen-bond donors (Lipinski definition) is 2. The normalized spacial score (nSPS) is 17.4. The zero-order chi connectivity index (χ0) is 25.5. The third-order valence-electron chi connectivity index (χ3n) is 6.15. The number of hydrogen-bond acceptors (Lipinski definition) is 7. The predicted molar refractivity (Wildman–Crippen MR) is 133 cm³/mol. The summed E-state index contributed by atoms with van der Waals surface area (Å²) in [4.78, 5) is 23.9. The fourth-order valence-corrected chi connectivity index (χ4v) is 5.51. The van der Waals surface area contributed by atoms with Gasteiger partial charge in [-0.3, -0.25) is 4.79 Å². The number of aryl methyl sites for hydroxylation is 1. The van der Waals surface area contributed by atoms with Crippen LogP contribution in [0.5, 0.6) is 0 Å². The molecule has 1 fully saturated rings. The number of pyridine rings is 2. The Hall–Kier alpha value is -3.53. The van der Waals surface area contributed by atoms with Gasteiger partial charge in [-0.25, -0.2) is 19.1 Å². The molecule has 2 aromatic heterocycles. The maximum Gasteiger partial charge on any atom is 0.281 e. The van der Waals surface area contributed by atoms with Crippen molar-refractivity contribution in [2.45, 2.75) is 44.7 Å². The van der Waals surface area contributed by atoms with Crippen LogP contribution in [0.15, 0.2) is 53.6 Å². The Morgan fingerprint density at radius 1 is 1.17 bits per heavy atom. The molecule has 1 aromatic carbocycles. The molecule has 4 rings (SSSR count). The number of nitrogen functional groups attached to an aromatic ring is 1. The summed E-state index contributed by atoms with van der Waals surface area (Å²) < 4.78 is 41.6. The topological polar surface area (TPSA) is 118 Å². The number of carbonyl (C=O) groups excluding carboxylic acids is 1. The van der Waals surface area contributed by atoms with E-state index in [1.165, 1.54) is 24.3 Å². The van der Waals surface area contributed by atoms with Gasteiger partial charge in [-0.15, -0.1) is 0 Å². The number of halogens is 1. The SMILES string of the molecule is Cc1cc(-c2ccc(C(=O)NS(=O)(=O)c3cccc(N)n3)c(N3C[C@@H](C)CC3(C)C)n2)ccc1F. The summed E-state index contributed by atoms with van der Waals surface area (Å²) in [5.41, 5.74) is 7.13. The standard InChI is InChI=1S/C25H28FN5O3S/c1-15-13-25(3,4)31(14-15)23-18(9-11-20(28-23)17-8-10-19(26)16(2)12-17)24(32)30-35(33,34)22-7-5-6-21(27)29-22/h5-12,15H,13-14H2,1-4H3,(H2,27,29)(H,30,32)/t15-/m0/s1. The highest BCUT2D eigenvalue weighted by Crippen LogP contribution is 2.38. The molecule has 0 spiro atoms. The molecule has 1 saturated heterocycles. The highest BCUT2D eigenvalue weighted by atomic mass is 32.2. The van der Waals surface area contributed by atoms with E-state index in [1.807, 2.05) is 4.90 Å². The van der Waals surface area contributed by atoms with Gasteiger partial charge in [-0.2, -0.15) is 8.42 Å². The van der Waals surface area contributed by atoms with Crippen LogP contribution in [0, 0.1) is 18.7 Å². The van der Waals surface area contributed by atoms with Gasteiger partial charge in [-0.05, 0) is 81.1 Å². The van der Waals surface area contributed by atoms with Crippen LogP contribution in [-0.4, -0.2) is 36.4 Å². The lowest BCUT2D eigenvalue weighted by Crippen LogP contribution is -2.41. The average molecular weight is 498 g/mol. The van der Waals surface area contributed by atoms with E-state index in [1.54, 1.807) is 31.2 Å². The highest BCUT2D eigenvalue weighted by molar-refractivity contribution is 7.90. The van der Waals surface area contributed by atoms with Gasteiger partial charge in [0.15, 0.2) is 5.03 Å². The number of aromatic nitrogens is 2. The lowest BCUT2D eigenvalue weighted by atomic mass is 9.97. The van der Waals surface area contributed by atoms with E-state index in [2.05, 4.69) is 30.5 Å². The number of benzene rings is 1. The largest absolute Gasteiger partial charge is 0.384 e. The zero-order valence-electron chi connectivity index (χ0n) is 20.0. The third kappa shape index (κ3) is 4.97. The second kappa shape index (κ2) is 8.92. The first-order chi connectivity index (χ1) is 16.4. The number of rotatable bonds is 5. The first-order valence-electron chi connectivity index (χ1n) is 11.2. The molecule has 0 unspecified atom stereocenters. The Morgan fingerprint density at radius 2 is 1.91 bits per heavy atom. The number of carbonyl (C=O) groups is 1. The van der Waals surface area contributed by atoms with Crippen LogP contribution in [0.2, 0.25) is 0 Å². The molecule has 0 aliphatic carbocycles. The molecule has 1 aliphatic rings. The van der Waals surface area contributed by atoms with Crippen LogP contribution >= 0.6 is 0 Å². The van der Waals surface area contributed by atoms with Gasteiger partial charge in [0.05, 0.1) is 11.3 Å². The fraction of sp³-hybridized carbons (Fsp3) is 0.320. The number of nitrogens with two attached hydrogens (primary N) is 1. The molecule has 184 valence electrons. The summed E-state index contributed by atoms with van der Waals surface area (Å²) in [5, 5.41) is -0.353. The maximum atomic E-state index is 13.8. The van der Waals surface area contributed by atoms with Crippen LogP contribution < -0.4 is 15.4 Å². The van der Waals surface area contributed by atoms with Crippen molar-refractivity contribution in [3.05, 3.63) is 65.5 Å². The number of nitrogens with zero attached hydrogens (tertiary/aromatic N) is 3. The summed E-state index contributed by atoms with van der Waals surface area (Å²) in [6.45, 7) is 8.55. The minimum atomic E-state index is -4.26. The number of nitrogens with one attached hydrogen (secondary N) is 1. The smallest absolute Gasteiger partial charge is 0.281 e. The monoisotopic (exact) mass is 497 g/mol. The van der Waals surface area contributed by atoms with Crippen molar-refractivity contribution in [3.63, 3.8) is 0 Å². The van der Waals surface area contributed by atoms with E-state index < -0.39 is 15.9 Å². The van der Waals surface area contributed by atoms with Crippen LogP contribution in [0.25, 0.3) is 11.3 Å². The fourth-order valence-electron chi connectivity index (χ4n) is 4.57. The maximum absolute atomic E-state index is 13.8. The zero-order valence-corrected chi connectivity index (χ0v) is 20.9. The van der Waals surface area contributed by atoms with Gasteiger partial charge >= 0.3 is 0 Å². The van der Waals surface area contributed by atoms with Crippen molar-refractivity contribution in [2.24, 2.45) is 5.92 Å². The van der Waals surface area contributed by atoms with Gasteiger partial charge in [0.25, 0.3) is 15.9 Å². The van der Waals surface area contributed by atoms with E-state index in [9.17, 15) is 17.6 Å². The van der Waals surface area contributed by atoms with E-state index in [0.29, 0.717) is 35.1 Å². The Labute approximate surface area is 204 Å². The van der Waals surface area contributed by atoms with E-state index >= 15 is 0 Å². The van der Waals surface area contributed by atoms with Gasteiger partial charge in [0.2, 0.25) is 0 Å². The van der Waals surface area contributed by atoms with Crippen molar-refractivity contribution < 1.29 is 17.6 Å². The number of anilines is 2. The summed E-state index contributed by atoms with van der Waals surface area (Å²) >= 11 is 0. The predicted octanol–water partition coefficient (Wildman–Crippen LogP) is 3.92. The Balaban J connectivity index is 1.78. The molecule has 1 atom stereocenters. The number of sulfonamides is 1. The van der Waals surface area contributed by atoms with Gasteiger partial charge in [-0.1, -0.05) is 13.0 Å². The molecular weight excluding hydrogens is 469 g/mol. The highest BCUT2D eigenvalue weighted by Gasteiger charge is 2.39. The molecule has 3 heterocycles. The molecule has 0 radical (unpaired) electrons. The van der Waals surface area contributed by atoms with Crippen LogP contribution in [0.4, 0.5) is 16.0 Å². The minimum absolute atomic E-state index is 0.0226. The summed E-state index contributed by atoms with van der Waals surface area (Å²) in [6, 6.07) is 12.0. The molecule has 1 aliphatic heterocycles. The Morgan fingerprint density at radius 3 is 2.54 bits per heavy atom. The van der Waals surface area contributed by atoms with Crippen molar-refractivity contribution >= 4 is 27.6 Å². The van der Waals surface area contributed by atoms with Crippen molar-refractivity contribution in [1.82, 2.24) is 14.7 Å². The van der Waals surface area contributed by atoms with Crippen LogP contribution in [0.3, 0.4) is 0 Å². The molecule has 35 heavy (non-hydrogen) atoms. The van der Waals surface area contributed by atoms with Crippen LogP contribution in [0.1, 0.15) is 43.1 Å².